The summed E-state index contributed by atoms with van der Waals surface area (Å²) in [6.07, 6.45) is 5.31. The third-order valence-corrected chi connectivity index (χ3v) is 12.6. The van der Waals surface area contributed by atoms with E-state index >= 15 is 0 Å². The van der Waals surface area contributed by atoms with Crippen molar-refractivity contribution in [2.45, 2.75) is 103 Å². The molecule has 14 heteroatoms. The number of methoxy groups -OCH3 is 2. The van der Waals surface area contributed by atoms with Gasteiger partial charge in [0, 0.05) is 32.3 Å². The normalized spacial score (nSPS) is 21.0. The fourth-order valence-corrected chi connectivity index (χ4v) is 9.62. The lowest BCUT2D eigenvalue weighted by atomic mass is 10.0. The van der Waals surface area contributed by atoms with Crippen LogP contribution in [0, 0.1) is 11.8 Å². The average Bonchev–Trinajstić information content (AvgIpc) is 4.10. The molecule has 8 rings (SSSR count). The molecule has 2 aromatic heterocycles. The van der Waals surface area contributed by atoms with Gasteiger partial charge in [0.2, 0.25) is 11.8 Å². The number of anilines is 1. The van der Waals surface area contributed by atoms with Crippen LogP contribution in [-0.4, -0.2) is 94.2 Å². The van der Waals surface area contributed by atoms with Crippen LogP contribution in [0.2, 0.25) is 0 Å². The summed E-state index contributed by atoms with van der Waals surface area (Å²) >= 11 is 0. The number of carbonyl (C=O) groups is 3. The van der Waals surface area contributed by atoms with Gasteiger partial charge >= 0.3 is 6.09 Å². The lowest BCUT2D eigenvalue weighted by Gasteiger charge is -2.33. The summed E-state index contributed by atoms with van der Waals surface area (Å²) in [6, 6.07) is 20.6. The van der Waals surface area contributed by atoms with Crippen LogP contribution < -0.4 is 15.0 Å². The van der Waals surface area contributed by atoms with Crippen molar-refractivity contribution in [1.82, 2.24) is 35.1 Å². The van der Waals surface area contributed by atoms with E-state index in [2.05, 4.69) is 82.6 Å². The summed E-state index contributed by atoms with van der Waals surface area (Å²) in [5, 5.41) is 2.74. The zero-order valence-electron chi connectivity index (χ0n) is 36.3. The van der Waals surface area contributed by atoms with Crippen LogP contribution in [0.15, 0.2) is 60.7 Å². The van der Waals surface area contributed by atoms with Crippen molar-refractivity contribution in [3.63, 3.8) is 0 Å². The standard InChI is InChI=1S/C47H60N8O6/c1-28(2)25-42(56)53-21-7-9-40(53)44-48-34-17-11-30(26-36(34)50-44)38-19-20-39(55(38)32-13-15-33(16-14-32)61-24-23-59-5)31-12-18-35-37(27-31)51-45(49-35)41-10-8-22-54(41)46(57)43(29(3)4)52-47(58)60-6/h11-18,26-29,38-41,43H,7-10,19-25H2,1-6H3,(H,48,50)(H,49,51)(H,52,58)/t38-,39-,40+,41+,43+/m1/s1. The Labute approximate surface area is 357 Å². The van der Waals surface area contributed by atoms with E-state index in [4.69, 9.17) is 24.2 Å². The summed E-state index contributed by atoms with van der Waals surface area (Å²) in [5.41, 5.74) is 7.11. The Morgan fingerprint density at radius 1 is 0.738 bits per heavy atom. The molecule has 61 heavy (non-hydrogen) atoms. The van der Waals surface area contributed by atoms with Crippen molar-refractivity contribution in [1.29, 1.82) is 0 Å². The monoisotopic (exact) mass is 832 g/mol. The molecular weight excluding hydrogens is 773 g/mol. The van der Waals surface area contributed by atoms with E-state index in [1.165, 1.54) is 18.2 Å². The van der Waals surface area contributed by atoms with E-state index in [-0.39, 0.29) is 41.9 Å². The topological polar surface area (TPSA) is 158 Å². The number of benzene rings is 3. The number of H-pyrrole nitrogens is 2. The van der Waals surface area contributed by atoms with Crippen molar-refractivity contribution in [2.75, 3.05) is 45.4 Å². The van der Waals surface area contributed by atoms with Gasteiger partial charge in [-0.05, 0) is 110 Å². The number of nitrogens with zero attached hydrogens (tertiary/aromatic N) is 5. The Morgan fingerprint density at radius 3 is 1.85 bits per heavy atom. The van der Waals surface area contributed by atoms with E-state index in [1.54, 1.807) is 7.11 Å². The van der Waals surface area contributed by atoms with Gasteiger partial charge in [-0.1, -0.05) is 39.8 Å². The van der Waals surface area contributed by atoms with E-state index in [9.17, 15) is 14.4 Å². The van der Waals surface area contributed by atoms with E-state index in [1.807, 2.05) is 35.8 Å². The molecule has 3 aliphatic heterocycles. The highest BCUT2D eigenvalue weighted by atomic mass is 16.5. The lowest BCUT2D eigenvalue weighted by Crippen LogP contribution is -2.51. The molecule has 5 atom stereocenters. The van der Waals surface area contributed by atoms with Crippen LogP contribution in [0.1, 0.15) is 120 Å². The lowest BCUT2D eigenvalue weighted by molar-refractivity contribution is -0.135. The molecule has 3 saturated heterocycles. The molecule has 3 aliphatic rings. The molecule has 0 unspecified atom stereocenters. The molecule has 0 radical (unpaired) electrons. The molecule has 324 valence electrons. The molecular formula is C47H60N8O6. The number of hydrogen-bond donors (Lipinski definition) is 3. The summed E-state index contributed by atoms with van der Waals surface area (Å²) in [4.78, 5) is 62.8. The highest BCUT2D eigenvalue weighted by Gasteiger charge is 2.39. The fourth-order valence-electron chi connectivity index (χ4n) is 9.62. The number of ether oxygens (including phenoxy) is 3. The second-order valence-corrected chi connectivity index (χ2v) is 17.5. The van der Waals surface area contributed by atoms with Gasteiger partial charge in [0.25, 0.3) is 0 Å². The van der Waals surface area contributed by atoms with Gasteiger partial charge in [-0.3, -0.25) is 9.59 Å². The largest absolute Gasteiger partial charge is 0.491 e. The Bertz CT molecular complexity index is 2340. The minimum absolute atomic E-state index is 0.0326. The number of carbonyl (C=O) groups excluding carboxylic acids is 3. The first-order chi connectivity index (χ1) is 29.5. The summed E-state index contributed by atoms with van der Waals surface area (Å²) in [7, 11) is 2.97. The van der Waals surface area contributed by atoms with Gasteiger partial charge in [0.05, 0.1) is 60.0 Å². The quantitative estimate of drug-likeness (QED) is 0.0937. The van der Waals surface area contributed by atoms with Gasteiger partial charge < -0.3 is 44.2 Å². The Balaban J connectivity index is 1.08. The zero-order valence-corrected chi connectivity index (χ0v) is 36.3. The first-order valence-corrected chi connectivity index (χ1v) is 22.0. The number of amides is 3. The Morgan fingerprint density at radius 2 is 1.31 bits per heavy atom. The van der Waals surface area contributed by atoms with Crippen molar-refractivity contribution in [3.8, 4) is 5.75 Å². The van der Waals surface area contributed by atoms with Crippen LogP contribution in [-0.2, 0) is 19.1 Å². The molecule has 3 N–H and O–H groups in total. The molecule has 5 aromatic rings. The zero-order chi connectivity index (χ0) is 42.8. The van der Waals surface area contributed by atoms with Crippen molar-refractivity contribution < 1.29 is 28.6 Å². The number of rotatable bonds is 14. The second-order valence-electron chi connectivity index (χ2n) is 17.5. The summed E-state index contributed by atoms with van der Waals surface area (Å²) < 4.78 is 16.0. The maximum atomic E-state index is 13.8. The molecule has 5 heterocycles. The number of imidazole rings is 2. The van der Waals surface area contributed by atoms with E-state index < -0.39 is 12.1 Å². The van der Waals surface area contributed by atoms with Gasteiger partial charge in [-0.25, -0.2) is 14.8 Å². The molecule has 0 saturated carbocycles. The van der Waals surface area contributed by atoms with E-state index in [0.29, 0.717) is 32.1 Å². The number of likely N-dealkylation sites (tertiary alicyclic amines) is 2. The third kappa shape index (κ3) is 8.77. The van der Waals surface area contributed by atoms with Gasteiger partial charge in [0.1, 0.15) is 30.0 Å². The molecule has 0 spiro atoms. The van der Waals surface area contributed by atoms with Crippen LogP contribution in [0.4, 0.5) is 10.5 Å². The number of fused-ring (bicyclic) bond motifs is 2. The third-order valence-electron chi connectivity index (χ3n) is 12.6. The van der Waals surface area contributed by atoms with Crippen molar-refractivity contribution in [2.24, 2.45) is 11.8 Å². The van der Waals surface area contributed by atoms with Crippen LogP contribution >= 0.6 is 0 Å². The first-order valence-electron chi connectivity index (χ1n) is 22.0. The minimum atomic E-state index is -0.699. The fraction of sp³-hybridized carbons (Fsp3) is 0.511. The predicted molar refractivity (Wildman–Crippen MR) is 234 cm³/mol. The van der Waals surface area contributed by atoms with Crippen molar-refractivity contribution in [3.05, 3.63) is 83.4 Å². The Hall–Kier alpha value is -5.63. The van der Waals surface area contributed by atoms with Crippen LogP contribution in [0.25, 0.3) is 22.1 Å². The van der Waals surface area contributed by atoms with E-state index in [0.717, 1.165) is 90.2 Å². The highest BCUT2D eigenvalue weighted by molar-refractivity contribution is 5.87. The number of aromatic amines is 2. The Kier molecular flexibility index (Phi) is 12.5. The minimum Gasteiger partial charge on any atom is -0.491 e. The number of alkyl carbamates (subject to hydrolysis) is 1. The predicted octanol–water partition coefficient (Wildman–Crippen LogP) is 8.30. The number of nitrogens with one attached hydrogen (secondary N) is 3. The highest BCUT2D eigenvalue weighted by Crippen LogP contribution is 2.48. The maximum absolute atomic E-state index is 13.8. The van der Waals surface area contributed by atoms with Gasteiger partial charge in [-0.15, -0.1) is 0 Å². The van der Waals surface area contributed by atoms with Gasteiger partial charge in [0.15, 0.2) is 0 Å². The molecule has 3 fully saturated rings. The first kappa shape index (κ1) is 42.1. The molecule has 0 aliphatic carbocycles. The molecule has 3 aromatic carbocycles. The molecule has 0 bridgehead atoms. The second kappa shape index (κ2) is 18.2. The van der Waals surface area contributed by atoms with Crippen LogP contribution in [0.5, 0.6) is 5.75 Å². The molecule has 3 amide bonds. The number of hydrogen-bond acceptors (Lipinski definition) is 9. The summed E-state index contributed by atoms with van der Waals surface area (Å²) in [6.45, 7) is 10.4. The van der Waals surface area contributed by atoms with Gasteiger partial charge in [-0.2, -0.15) is 0 Å². The SMILES string of the molecule is COCCOc1ccc(N2[C@@H](c3ccc4nc([C@@H]5CCCN5C(=O)CC(C)C)[nH]c4c3)CC[C@@H]2c2ccc3nc([C@@H]4CCCN4C(=O)[C@@H](NC(=O)OC)C(C)C)[nH]c3c2)cc1. The molecule has 14 nitrogen and oxygen atoms in total. The summed E-state index contributed by atoms with van der Waals surface area (Å²) in [5.74, 6) is 2.67. The smallest absolute Gasteiger partial charge is 0.407 e. The maximum Gasteiger partial charge on any atom is 0.407 e. The van der Waals surface area contributed by atoms with Crippen LogP contribution in [0.3, 0.4) is 0 Å². The average molecular weight is 833 g/mol. The number of aromatic nitrogens is 4. The van der Waals surface area contributed by atoms with Crippen molar-refractivity contribution >= 4 is 45.7 Å².